The van der Waals surface area contributed by atoms with Crippen molar-refractivity contribution in [3.05, 3.63) is 58.5 Å². The minimum absolute atomic E-state index is 0.131. The van der Waals surface area contributed by atoms with Gasteiger partial charge in [0.25, 0.3) is 11.5 Å². The van der Waals surface area contributed by atoms with E-state index in [1.165, 1.54) is 21.7 Å². The Kier molecular flexibility index (Phi) is 3.80. The highest BCUT2D eigenvalue weighted by atomic mass is 16.2. The van der Waals surface area contributed by atoms with E-state index in [1.807, 2.05) is 6.07 Å². The van der Waals surface area contributed by atoms with E-state index in [9.17, 15) is 14.4 Å². The van der Waals surface area contributed by atoms with Crippen LogP contribution in [0.25, 0.3) is 5.69 Å². The molecule has 1 saturated heterocycles. The molecular weight excluding hydrogens is 298 g/mol. The zero-order valence-electron chi connectivity index (χ0n) is 12.2. The Morgan fingerprint density at radius 3 is 2.48 bits per heavy atom. The van der Waals surface area contributed by atoms with Crippen LogP contribution in [0.4, 0.5) is 4.79 Å². The van der Waals surface area contributed by atoms with Crippen molar-refractivity contribution < 1.29 is 9.59 Å². The van der Waals surface area contributed by atoms with E-state index in [-0.39, 0.29) is 17.3 Å². The van der Waals surface area contributed by atoms with Gasteiger partial charge in [-0.2, -0.15) is 9.78 Å². The maximum Gasteiger partial charge on any atom is 0.314 e. The first kappa shape index (κ1) is 14.8. The molecule has 0 radical (unpaired) electrons. The van der Waals surface area contributed by atoms with E-state index in [1.54, 1.807) is 24.3 Å². The topological polar surface area (TPSA) is 110 Å². The number of benzene rings is 1. The molecule has 8 nitrogen and oxygen atoms in total. The number of urea groups is 1. The van der Waals surface area contributed by atoms with Crippen LogP contribution in [-0.2, 0) is 0 Å². The SMILES string of the molecule is NC(=O)N1CC(NC(=O)c2ccc(=O)n(-c3ccccc3)n2)C1. The van der Waals surface area contributed by atoms with Gasteiger partial charge in [-0.3, -0.25) is 9.59 Å². The van der Waals surface area contributed by atoms with Gasteiger partial charge in [0.1, 0.15) is 5.69 Å². The van der Waals surface area contributed by atoms with Crippen molar-refractivity contribution in [3.63, 3.8) is 0 Å². The molecule has 1 aromatic heterocycles. The first-order valence-electron chi connectivity index (χ1n) is 7.05. The number of likely N-dealkylation sites (tertiary alicyclic amines) is 1. The van der Waals surface area contributed by atoms with E-state index in [4.69, 9.17) is 5.73 Å². The fraction of sp³-hybridized carbons (Fsp3) is 0.200. The predicted molar refractivity (Wildman–Crippen MR) is 82.2 cm³/mol. The van der Waals surface area contributed by atoms with Crippen LogP contribution in [0.3, 0.4) is 0 Å². The molecule has 2 heterocycles. The van der Waals surface area contributed by atoms with Crippen molar-refractivity contribution in [3.8, 4) is 5.69 Å². The van der Waals surface area contributed by atoms with Crippen LogP contribution in [0.1, 0.15) is 10.5 Å². The molecule has 1 fully saturated rings. The Labute approximate surface area is 131 Å². The number of para-hydroxylation sites is 1. The molecule has 118 valence electrons. The van der Waals surface area contributed by atoms with Gasteiger partial charge in [-0.05, 0) is 18.2 Å². The maximum atomic E-state index is 12.2. The van der Waals surface area contributed by atoms with E-state index in [0.29, 0.717) is 18.8 Å². The summed E-state index contributed by atoms with van der Waals surface area (Å²) < 4.78 is 1.17. The molecule has 8 heteroatoms. The Balaban J connectivity index is 1.75. The highest BCUT2D eigenvalue weighted by Gasteiger charge is 2.30. The fourth-order valence-corrected chi connectivity index (χ4v) is 2.30. The van der Waals surface area contributed by atoms with Crippen LogP contribution in [0, 0.1) is 0 Å². The van der Waals surface area contributed by atoms with Crippen LogP contribution >= 0.6 is 0 Å². The summed E-state index contributed by atoms with van der Waals surface area (Å²) in [6.07, 6.45) is 0. The van der Waals surface area contributed by atoms with E-state index in [0.717, 1.165) is 0 Å². The minimum Gasteiger partial charge on any atom is -0.351 e. The number of carbonyl (C=O) groups is 2. The lowest BCUT2D eigenvalue weighted by molar-refractivity contribution is 0.0854. The normalized spacial score (nSPS) is 14.2. The predicted octanol–water partition coefficient (Wildman–Crippen LogP) is -0.275. The average Bonchev–Trinajstić information content (AvgIpc) is 2.51. The van der Waals surface area contributed by atoms with Crippen LogP contribution in [0.2, 0.25) is 0 Å². The minimum atomic E-state index is -0.508. The Bertz CT molecular complexity index is 796. The van der Waals surface area contributed by atoms with Crippen molar-refractivity contribution >= 4 is 11.9 Å². The Morgan fingerprint density at radius 1 is 1.13 bits per heavy atom. The number of amides is 3. The van der Waals surface area contributed by atoms with Crippen LogP contribution in [-0.4, -0.2) is 45.8 Å². The average molecular weight is 313 g/mol. The summed E-state index contributed by atoms with van der Waals surface area (Å²) in [6.45, 7) is 0.749. The molecule has 3 N–H and O–H groups in total. The van der Waals surface area contributed by atoms with Gasteiger partial charge in [-0.25, -0.2) is 4.79 Å². The zero-order chi connectivity index (χ0) is 16.4. The lowest BCUT2D eigenvalue weighted by Gasteiger charge is -2.38. The molecule has 0 atom stereocenters. The highest BCUT2D eigenvalue weighted by molar-refractivity contribution is 5.92. The highest BCUT2D eigenvalue weighted by Crippen LogP contribution is 2.08. The molecule has 2 aromatic rings. The smallest absolute Gasteiger partial charge is 0.314 e. The van der Waals surface area contributed by atoms with Gasteiger partial charge in [0.2, 0.25) is 0 Å². The van der Waals surface area contributed by atoms with Gasteiger partial charge in [0.05, 0.1) is 11.7 Å². The number of nitrogens with two attached hydrogens (primary N) is 1. The summed E-state index contributed by atoms with van der Waals surface area (Å²) in [4.78, 5) is 36.4. The third kappa shape index (κ3) is 3.05. The molecule has 3 rings (SSSR count). The summed E-state index contributed by atoms with van der Waals surface area (Å²) >= 11 is 0. The van der Waals surface area contributed by atoms with Gasteiger partial charge in [-0.15, -0.1) is 0 Å². The van der Waals surface area contributed by atoms with Crippen molar-refractivity contribution in [2.24, 2.45) is 5.73 Å². The van der Waals surface area contributed by atoms with Gasteiger partial charge < -0.3 is 16.0 Å². The standard InChI is InChI=1S/C15H15N5O3/c16-15(23)19-8-10(9-19)17-14(22)12-6-7-13(21)20(18-12)11-4-2-1-3-5-11/h1-7,10H,8-9H2,(H2,16,23)(H,17,22). The summed E-state index contributed by atoms with van der Waals surface area (Å²) in [5.74, 6) is -0.399. The Morgan fingerprint density at radius 2 is 1.83 bits per heavy atom. The maximum absolute atomic E-state index is 12.2. The van der Waals surface area contributed by atoms with E-state index in [2.05, 4.69) is 10.4 Å². The lowest BCUT2D eigenvalue weighted by Crippen LogP contribution is -2.62. The van der Waals surface area contributed by atoms with E-state index >= 15 is 0 Å². The summed E-state index contributed by atoms with van der Waals surface area (Å²) in [5.41, 5.74) is 5.51. The number of primary amides is 1. The molecule has 1 aliphatic rings. The summed E-state index contributed by atoms with van der Waals surface area (Å²) in [5, 5.41) is 6.84. The number of hydrogen-bond acceptors (Lipinski definition) is 4. The van der Waals surface area contributed by atoms with Gasteiger partial charge in [0, 0.05) is 19.2 Å². The lowest BCUT2D eigenvalue weighted by atomic mass is 10.1. The number of aromatic nitrogens is 2. The summed E-state index contributed by atoms with van der Waals surface area (Å²) in [6, 6.07) is 10.9. The molecule has 0 bridgehead atoms. The zero-order valence-corrected chi connectivity index (χ0v) is 12.2. The fourth-order valence-electron chi connectivity index (χ4n) is 2.30. The third-order valence-electron chi connectivity index (χ3n) is 3.56. The molecule has 3 amide bonds. The largest absolute Gasteiger partial charge is 0.351 e. The third-order valence-corrected chi connectivity index (χ3v) is 3.56. The second-order valence-corrected chi connectivity index (χ2v) is 5.22. The van der Waals surface area contributed by atoms with Crippen molar-refractivity contribution in [1.82, 2.24) is 20.0 Å². The molecule has 0 unspecified atom stereocenters. The van der Waals surface area contributed by atoms with Gasteiger partial charge in [-0.1, -0.05) is 18.2 Å². The van der Waals surface area contributed by atoms with Gasteiger partial charge >= 0.3 is 6.03 Å². The molecule has 1 aromatic carbocycles. The number of nitrogens with zero attached hydrogens (tertiary/aromatic N) is 3. The van der Waals surface area contributed by atoms with Crippen molar-refractivity contribution in [2.75, 3.05) is 13.1 Å². The molecule has 23 heavy (non-hydrogen) atoms. The second kappa shape index (κ2) is 5.91. The van der Waals surface area contributed by atoms with Crippen LogP contribution in [0.5, 0.6) is 0 Å². The Hall–Kier alpha value is -3.16. The first-order valence-corrected chi connectivity index (χ1v) is 7.05. The van der Waals surface area contributed by atoms with Crippen molar-refractivity contribution in [1.29, 1.82) is 0 Å². The number of rotatable bonds is 3. The van der Waals surface area contributed by atoms with Crippen LogP contribution < -0.4 is 16.6 Å². The number of hydrogen-bond donors (Lipinski definition) is 2. The second-order valence-electron chi connectivity index (χ2n) is 5.22. The quantitative estimate of drug-likeness (QED) is 0.812. The number of carbonyl (C=O) groups excluding carboxylic acids is 2. The summed E-state index contributed by atoms with van der Waals surface area (Å²) in [7, 11) is 0. The van der Waals surface area contributed by atoms with Crippen LogP contribution in [0.15, 0.2) is 47.3 Å². The van der Waals surface area contributed by atoms with E-state index < -0.39 is 11.9 Å². The molecule has 0 spiro atoms. The van der Waals surface area contributed by atoms with Crippen molar-refractivity contribution in [2.45, 2.75) is 6.04 Å². The molecular formula is C15H15N5O3. The monoisotopic (exact) mass is 313 g/mol. The number of nitrogens with one attached hydrogen (secondary N) is 1. The molecule has 0 saturated carbocycles. The molecule has 0 aliphatic carbocycles. The van der Waals surface area contributed by atoms with Gasteiger partial charge in [0.15, 0.2) is 0 Å². The molecule has 1 aliphatic heterocycles. The first-order chi connectivity index (χ1) is 11.0.